The standard InChI is InChI=1S/C27H25F3N9O6P/c1-32-25(41)23-20(7-6-18(34-23)16-13-39(8-3-9-40)38-21(16)11-31)35-24-17(27(28,29)30)12-33-26(37-24)36-19-5-4-15(10-22(19)44-2)14-45-46(42)43/h4-7,10,12-13,40H,3,8-9,14H2,1-2H3,(H3-,32,33,35,36,37,41,42,43)/p+1. The zero-order valence-electron chi connectivity index (χ0n) is 24.2. The second-order valence-electron chi connectivity index (χ2n) is 9.26. The lowest BCUT2D eigenvalue weighted by Gasteiger charge is -2.17. The van der Waals surface area contributed by atoms with Crippen LogP contribution in [-0.4, -0.2) is 61.4 Å². The van der Waals surface area contributed by atoms with Crippen LogP contribution in [0.5, 0.6) is 5.75 Å². The Bertz CT molecular complexity index is 1800. The van der Waals surface area contributed by atoms with E-state index in [1.807, 2.05) is 6.07 Å². The number of rotatable bonds is 13. The van der Waals surface area contributed by atoms with E-state index in [2.05, 4.69) is 40.5 Å². The van der Waals surface area contributed by atoms with Crippen LogP contribution >= 0.6 is 8.25 Å². The first-order chi connectivity index (χ1) is 22.0. The number of aromatic nitrogens is 5. The molecule has 240 valence electrons. The van der Waals surface area contributed by atoms with Crippen molar-refractivity contribution in [2.45, 2.75) is 25.7 Å². The molecule has 0 fully saturated rings. The number of carbonyl (C=O) groups excluding carboxylic acids is 1. The number of nitrogens with one attached hydrogen (secondary N) is 3. The lowest BCUT2D eigenvalue weighted by Crippen LogP contribution is -2.21. The first kappa shape index (κ1) is 33.7. The van der Waals surface area contributed by atoms with E-state index in [1.54, 1.807) is 0 Å². The summed E-state index contributed by atoms with van der Waals surface area (Å²) >= 11 is 0. The van der Waals surface area contributed by atoms with Gasteiger partial charge in [-0.15, -0.1) is 9.42 Å². The summed E-state index contributed by atoms with van der Waals surface area (Å²) in [4.78, 5) is 33.8. The Kier molecular flexibility index (Phi) is 10.8. The number of carbonyl (C=O) groups is 1. The molecule has 0 aliphatic heterocycles. The van der Waals surface area contributed by atoms with Gasteiger partial charge in [-0.1, -0.05) is 6.07 Å². The summed E-state index contributed by atoms with van der Waals surface area (Å²) < 4.78 is 64.4. The summed E-state index contributed by atoms with van der Waals surface area (Å²) in [6, 6.07) is 9.17. The van der Waals surface area contributed by atoms with E-state index in [0.29, 0.717) is 24.7 Å². The Morgan fingerprint density at radius 2 is 1.93 bits per heavy atom. The number of anilines is 4. The third kappa shape index (κ3) is 8.08. The summed E-state index contributed by atoms with van der Waals surface area (Å²) in [5.74, 6) is -1.49. The molecule has 46 heavy (non-hydrogen) atoms. The fourth-order valence-electron chi connectivity index (χ4n) is 4.09. The third-order valence-electron chi connectivity index (χ3n) is 6.23. The van der Waals surface area contributed by atoms with Gasteiger partial charge in [0.25, 0.3) is 5.91 Å². The van der Waals surface area contributed by atoms with Crippen LogP contribution in [-0.2, 0) is 28.4 Å². The molecular weight excluding hydrogens is 634 g/mol. The van der Waals surface area contributed by atoms with Crippen LogP contribution in [0.25, 0.3) is 11.3 Å². The maximum absolute atomic E-state index is 14.0. The minimum atomic E-state index is -4.89. The van der Waals surface area contributed by atoms with Gasteiger partial charge >= 0.3 is 14.4 Å². The topological polar surface area (TPSA) is 209 Å². The molecule has 1 aromatic carbocycles. The van der Waals surface area contributed by atoms with Gasteiger partial charge in [-0.3, -0.25) is 9.48 Å². The summed E-state index contributed by atoms with van der Waals surface area (Å²) in [5.41, 5.74) is -0.491. The van der Waals surface area contributed by atoms with Gasteiger partial charge in [0.2, 0.25) is 5.95 Å². The van der Waals surface area contributed by atoms with Gasteiger partial charge in [0.1, 0.15) is 29.8 Å². The molecule has 1 atom stereocenters. The lowest BCUT2D eigenvalue weighted by molar-refractivity contribution is -0.137. The van der Waals surface area contributed by atoms with Crippen molar-refractivity contribution in [1.82, 2.24) is 30.0 Å². The van der Waals surface area contributed by atoms with Gasteiger partial charge in [-0.25, -0.2) is 9.97 Å². The average molecular weight is 661 g/mol. The second-order valence-corrected chi connectivity index (χ2v) is 10.00. The highest BCUT2D eigenvalue weighted by atomic mass is 31.1. The molecule has 1 unspecified atom stereocenters. The summed E-state index contributed by atoms with van der Waals surface area (Å²) in [6.45, 7) is 0.0213. The number of nitriles is 1. The van der Waals surface area contributed by atoms with E-state index in [0.717, 1.165) is 0 Å². The number of hydrogen-bond acceptors (Lipinski definition) is 12. The third-order valence-corrected chi connectivity index (χ3v) is 6.58. The first-order valence-corrected chi connectivity index (χ1v) is 14.4. The molecule has 3 aromatic heterocycles. The Morgan fingerprint density at radius 1 is 1.17 bits per heavy atom. The molecule has 0 saturated heterocycles. The molecule has 4 rings (SSSR count). The van der Waals surface area contributed by atoms with Crippen molar-refractivity contribution in [2.24, 2.45) is 0 Å². The van der Waals surface area contributed by atoms with Crippen LogP contribution in [0.15, 0.2) is 42.7 Å². The number of aryl methyl sites for hydroxylation is 1. The molecule has 1 amide bonds. The van der Waals surface area contributed by atoms with Gasteiger partial charge in [-0.05, 0) is 36.2 Å². The number of nitrogens with zero attached hydrogens (tertiary/aromatic N) is 6. The Labute approximate surface area is 260 Å². The van der Waals surface area contributed by atoms with Crippen LogP contribution in [0.2, 0.25) is 0 Å². The van der Waals surface area contributed by atoms with E-state index in [4.69, 9.17) is 14.7 Å². The first-order valence-electron chi connectivity index (χ1n) is 13.2. The number of amides is 1. The Balaban J connectivity index is 1.71. The minimum absolute atomic E-state index is 0.000252. The van der Waals surface area contributed by atoms with Crippen LogP contribution in [0.3, 0.4) is 0 Å². The van der Waals surface area contributed by atoms with E-state index < -0.39 is 31.7 Å². The normalized spacial score (nSPS) is 11.5. The predicted molar refractivity (Wildman–Crippen MR) is 156 cm³/mol. The SMILES string of the molecule is CNC(=O)c1nc(-c2cn(CCCO)nc2C#N)ccc1Nc1nc(Nc2ccc(CO[P+](=O)O)cc2OC)ncc1C(F)(F)F. The van der Waals surface area contributed by atoms with Gasteiger partial charge in [-0.2, -0.15) is 28.5 Å². The molecule has 5 N–H and O–H groups in total. The number of halogens is 3. The number of alkyl halides is 3. The van der Waals surface area contributed by atoms with Gasteiger partial charge in [0.15, 0.2) is 11.4 Å². The number of benzene rings is 1. The lowest BCUT2D eigenvalue weighted by atomic mass is 10.1. The number of pyridine rings is 1. The molecule has 0 bridgehead atoms. The molecule has 0 aliphatic carbocycles. The second kappa shape index (κ2) is 14.7. The zero-order valence-corrected chi connectivity index (χ0v) is 25.1. The molecule has 15 nitrogen and oxygen atoms in total. The van der Waals surface area contributed by atoms with Crippen LogP contribution < -0.4 is 20.7 Å². The van der Waals surface area contributed by atoms with Crippen molar-refractivity contribution in [2.75, 3.05) is 31.4 Å². The fourth-order valence-corrected chi connectivity index (χ4v) is 4.35. The monoisotopic (exact) mass is 660 g/mol. The van der Waals surface area contributed by atoms with Crippen molar-refractivity contribution < 1.29 is 41.8 Å². The summed E-state index contributed by atoms with van der Waals surface area (Å²) in [7, 11) is -0.170. The van der Waals surface area contributed by atoms with Crippen LogP contribution in [0.1, 0.15) is 33.7 Å². The van der Waals surface area contributed by atoms with E-state index in [-0.39, 0.29) is 58.9 Å². The van der Waals surface area contributed by atoms with Crippen LogP contribution in [0.4, 0.5) is 36.3 Å². The number of aliphatic hydroxyl groups is 1. The molecule has 0 spiro atoms. The molecule has 0 radical (unpaired) electrons. The summed E-state index contributed by atoms with van der Waals surface area (Å²) in [5, 5.41) is 30.5. The zero-order chi connectivity index (χ0) is 33.4. The highest BCUT2D eigenvalue weighted by molar-refractivity contribution is 7.32. The highest BCUT2D eigenvalue weighted by Gasteiger charge is 2.36. The quantitative estimate of drug-likeness (QED) is 0.128. The molecule has 0 aliphatic rings. The maximum Gasteiger partial charge on any atom is 0.695 e. The largest absolute Gasteiger partial charge is 0.695 e. The van der Waals surface area contributed by atoms with Crippen molar-refractivity contribution >= 4 is 37.3 Å². The van der Waals surface area contributed by atoms with Crippen molar-refractivity contribution in [3.63, 3.8) is 0 Å². The maximum atomic E-state index is 14.0. The van der Waals surface area contributed by atoms with Crippen molar-refractivity contribution in [3.05, 3.63) is 65.2 Å². The van der Waals surface area contributed by atoms with Crippen LogP contribution in [0, 0.1) is 11.3 Å². The number of ether oxygens (including phenoxy) is 1. The Morgan fingerprint density at radius 3 is 2.59 bits per heavy atom. The summed E-state index contributed by atoms with van der Waals surface area (Å²) in [6.07, 6.45) is -2.43. The van der Waals surface area contributed by atoms with E-state index >= 15 is 0 Å². The molecule has 0 saturated carbocycles. The van der Waals surface area contributed by atoms with Gasteiger partial charge in [0, 0.05) is 37.2 Å². The van der Waals surface area contributed by atoms with E-state index in [1.165, 1.54) is 55.4 Å². The number of methoxy groups -OCH3 is 1. The molecule has 3 heterocycles. The highest BCUT2D eigenvalue weighted by Crippen LogP contribution is 2.37. The predicted octanol–water partition coefficient (Wildman–Crippen LogP) is 4.03. The Hall–Kier alpha value is -5.21. The van der Waals surface area contributed by atoms with Gasteiger partial charge < -0.3 is 25.8 Å². The molecule has 19 heteroatoms. The number of aliphatic hydroxyl groups excluding tert-OH is 1. The fraction of sp³-hybridized carbons (Fsp3) is 0.259. The minimum Gasteiger partial charge on any atom is -0.495 e. The van der Waals surface area contributed by atoms with Crippen molar-refractivity contribution in [1.29, 1.82) is 5.26 Å². The van der Waals surface area contributed by atoms with E-state index in [9.17, 15) is 27.8 Å². The molecular formula is C27H26F3N9O6P+. The van der Waals surface area contributed by atoms with Gasteiger partial charge in [0.05, 0.1) is 29.7 Å². The smallest absolute Gasteiger partial charge is 0.495 e. The molecule has 4 aromatic rings. The number of hydrogen-bond donors (Lipinski definition) is 5. The van der Waals surface area contributed by atoms with Crippen molar-refractivity contribution in [3.8, 4) is 23.1 Å². The average Bonchev–Trinajstić information content (AvgIpc) is 3.45.